The first-order valence-electron chi connectivity index (χ1n) is 8.42. The van der Waals surface area contributed by atoms with Crippen LogP contribution >= 0.6 is 18.7 Å². The highest BCUT2D eigenvalue weighted by Gasteiger charge is 2.35. The highest BCUT2D eigenvalue weighted by atomic mass is 35.5. The predicted octanol–water partition coefficient (Wildman–Crippen LogP) is 5.88. The molecule has 0 aliphatic rings. The fraction of sp³-hybridized carbons (Fsp3) is 0.158. The van der Waals surface area contributed by atoms with Crippen LogP contribution < -0.4 is 15.9 Å². The minimum absolute atomic E-state index is 0.0218. The lowest BCUT2D eigenvalue weighted by molar-refractivity contribution is -0.137. The number of nitrogens with one attached hydrogen (secondary N) is 2. The number of hydrogen-bond donors (Lipinski definition) is 2. The summed E-state index contributed by atoms with van der Waals surface area (Å²) in [6, 6.07) is 13.0. The van der Waals surface area contributed by atoms with Crippen LogP contribution in [0.2, 0.25) is 5.02 Å². The number of alkyl halides is 3. The first kappa shape index (κ1) is 21.1. The second kappa shape index (κ2) is 8.05. The van der Waals surface area contributed by atoms with Crippen LogP contribution in [-0.4, -0.2) is 23.3 Å². The molecule has 1 aromatic heterocycles. The number of halogens is 4. The van der Waals surface area contributed by atoms with Gasteiger partial charge in [0, 0.05) is 27.9 Å². The Morgan fingerprint density at radius 2 is 1.69 bits per heavy atom. The normalized spacial score (nSPS) is 11.9. The van der Waals surface area contributed by atoms with E-state index >= 15 is 0 Å². The number of anilines is 4. The Balaban J connectivity index is 1.91. The molecule has 2 N–H and O–H groups in total. The molecular formula is C19H17ClF3N4OP. The zero-order valence-electron chi connectivity index (χ0n) is 15.5. The molecule has 3 rings (SSSR count). The summed E-state index contributed by atoms with van der Waals surface area (Å²) in [5.41, 5.74) is -0.0920. The van der Waals surface area contributed by atoms with E-state index in [9.17, 15) is 17.7 Å². The van der Waals surface area contributed by atoms with E-state index in [2.05, 4.69) is 20.6 Å². The maximum Gasteiger partial charge on any atom is 0.421 e. The van der Waals surface area contributed by atoms with Crippen LogP contribution in [0.25, 0.3) is 0 Å². The average molecular weight is 441 g/mol. The van der Waals surface area contributed by atoms with E-state index < -0.39 is 24.7 Å². The lowest BCUT2D eigenvalue weighted by Crippen LogP contribution is -2.12. The van der Waals surface area contributed by atoms with E-state index in [4.69, 9.17) is 11.6 Å². The molecule has 0 radical (unpaired) electrons. The van der Waals surface area contributed by atoms with Gasteiger partial charge in [-0.05, 0) is 55.8 Å². The molecule has 0 aliphatic carbocycles. The minimum atomic E-state index is -4.63. The van der Waals surface area contributed by atoms with Gasteiger partial charge in [0.1, 0.15) is 18.5 Å². The van der Waals surface area contributed by atoms with Gasteiger partial charge in [-0.3, -0.25) is 0 Å². The fourth-order valence-corrected chi connectivity index (χ4v) is 3.54. The van der Waals surface area contributed by atoms with Gasteiger partial charge in [-0.15, -0.1) is 0 Å². The summed E-state index contributed by atoms with van der Waals surface area (Å²) in [6.45, 7) is 3.31. The molecule has 0 spiro atoms. The number of nitrogens with zero attached hydrogens (tertiary/aromatic N) is 2. The number of rotatable bonds is 5. The van der Waals surface area contributed by atoms with Gasteiger partial charge < -0.3 is 15.2 Å². The Morgan fingerprint density at radius 1 is 1.00 bits per heavy atom. The molecule has 10 heteroatoms. The quantitative estimate of drug-likeness (QED) is 0.485. The zero-order chi connectivity index (χ0) is 21.2. The van der Waals surface area contributed by atoms with Crippen LogP contribution in [0.3, 0.4) is 0 Å². The largest absolute Gasteiger partial charge is 0.421 e. The van der Waals surface area contributed by atoms with Gasteiger partial charge in [-0.25, -0.2) is 4.98 Å². The maximum absolute atomic E-state index is 13.4. The van der Waals surface area contributed by atoms with Crippen molar-refractivity contribution >= 4 is 47.2 Å². The summed E-state index contributed by atoms with van der Waals surface area (Å²) in [4.78, 5) is 7.75. The lowest BCUT2D eigenvalue weighted by Gasteiger charge is -2.15. The first-order chi connectivity index (χ1) is 13.5. The van der Waals surface area contributed by atoms with Crippen LogP contribution in [0.1, 0.15) is 5.56 Å². The van der Waals surface area contributed by atoms with E-state index in [1.165, 1.54) is 6.07 Å². The first-order valence-corrected chi connectivity index (χ1v) is 11.4. The second-order valence-electron chi connectivity index (χ2n) is 6.61. The lowest BCUT2D eigenvalue weighted by atomic mass is 10.2. The summed E-state index contributed by atoms with van der Waals surface area (Å²) in [5, 5.41) is 6.57. The Morgan fingerprint density at radius 3 is 2.28 bits per heavy atom. The van der Waals surface area contributed by atoms with Crippen molar-refractivity contribution in [2.45, 2.75) is 6.18 Å². The molecule has 0 amide bonds. The summed E-state index contributed by atoms with van der Waals surface area (Å²) in [6.07, 6.45) is -3.92. The summed E-state index contributed by atoms with van der Waals surface area (Å²) in [5.74, 6) is -0.424. The third kappa shape index (κ3) is 5.49. The Kier molecular flexibility index (Phi) is 5.87. The molecule has 0 atom stereocenters. The smallest absolute Gasteiger partial charge is 0.340 e. The van der Waals surface area contributed by atoms with Crippen LogP contribution in [0.4, 0.5) is 36.3 Å². The van der Waals surface area contributed by atoms with Crippen molar-refractivity contribution in [3.05, 3.63) is 65.3 Å². The zero-order valence-corrected chi connectivity index (χ0v) is 17.1. The van der Waals surface area contributed by atoms with Gasteiger partial charge >= 0.3 is 6.18 Å². The molecular weight excluding hydrogens is 424 g/mol. The molecule has 0 aliphatic heterocycles. The molecule has 29 heavy (non-hydrogen) atoms. The number of hydrogen-bond acceptors (Lipinski definition) is 5. The van der Waals surface area contributed by atoms with Crippen molar-refractivity contribution in [3.63, 3.8) is 0 Å². The van der Waals surface area contributed by atoms with Gasteiger partial charge in [0.15, 0.2) is 0 Å². The SMILES string of the molecule is CP(C)(=O)c1ccc(Nc2ncc(C(F)(F)F)c(Nc3cccc(Cl)c3)n2)cc1. The van der Waals surface area contributed by atoms with Crippen LogP contribution in [0.5, 0.6) is 0 Å². The summed E-state index contributed by atoms with van der Waals surface area (Å²) >= 11 is 5.90. The molecule has 0 saturated heterocycles. The van der Waals surface area contributed by atoms with Gasteiger partial charge in [-0.2, -0.15) is 18.2 Å². The predicted molar refractivity (Wildman–Crippen MR) is 111 cm³/mol. The van der Waals surface area contributed by atoms with Crippen LogP contribution in [0, 0.1) is 0 Å². The Hall–Kier alpha value is -2.57. The molecule has 2 aromatic carbocycles. The highest BCUT2D eigenvalue weighted by Crippen LogP contribution is 2.36. The standard InChI is InChI=1S/C19H17ClF3N4OP/c1-29(2,28)15-8-6-13(7-9-15)26-18-24-11-16(19(21,22)23)17(27-18)25-14-5-3-4-12(20)10-14/h3-11H,1-2H3,(H2,24,25,26,27). The van der Waals surface area contributed by atoms with Crippen LogP contribution in [0.15, 0.2) is 54.7 Å². The molecule has 0 unspecified atom stereocenters. The molecule has 1 heterocycles. The molecule has 0 bridgehead atoms. The molecule has 152 valence electrons. The van der Waals surface area contributed by atoms with E-state index in [0.29, 0.717) is 27.9 Å². The Labute approximate surface area is 170 Å². The number of benzene rings is 2. The molecule has 0 saturated carbocycles. The van der Waals surface area contributed by atoms with Gasteiger partial charge in [0.05, 0.1) is 0 Å². The van der Waals surface area contributed by atoms with Gasteiger partial charge in [0.2, 0.25) is 5.95 Å². The van der Waals surface area contributed by atoms with Crippen molar-refractivity contribution in [2.24, 2.45) is 0 Å². The highest BCUT2D eigenvalue weighted by molar-refractivity contribution is 7.70. The van der Waals surface area contributed by atoms with E-state index in [1.54, 1.807) is 55.8 Å². The third-order valence-corrected chi connectivity index (χ3v) is 5.70. The van der Waals surface area contributed by atoms with Crippen molar-refractivity contribution in [1.29, 1.82) is 0 Å². The van der Waals surface area contributed by atoms with E-state index in [0.717, 1.165) is 0 Å². The molecule has 0 fully saturated rings. The summed E-state index contributed by atoms with van der Waals surface area (Å²) < 4.78 is 52.1. The minimum Gasteiger partial charge on any atom is -0.340 e. The fourth-order valence-electron chi connectivity index (χ4n) is 2.48. The van der Waals surface area contributed by atoms with Crippen molar-refractivity contribution in [2.75, 3.05) is 24.0 Å². The third-order valence-electron chi connectivity index (χ3n) is 3.93. The van der Waals surface area contributed by atoms with Crippen molar-refractivity contribution in [1.82, 2.24) is 9.97 Å². The monoisotopic (exact) mass is 440 g/mol. The second-order valence-corrected chi connectivity index (χ2v) is 10.3. The maximum atomic E-state index is 13.4. The molecule has 5 nitrogen and oxygen atoms in total. The Bertz CT molecular complexity index is 1070. The topological polar surface area (TPSA) is 66.9 Å². The van der Waals surface area contributed by atoms with Crippen LogP contribution in [-0.2, 0) is 10.7 Å². The van der Waals surface area contributed by atoms with Gasteiger partial charge in [0.25, 0.3) is 0 Å². The van der Waals surface area contributed by atoms with E-state index in [-0.39, 0.29) is 5.95 Å². The average Bonchev–Trinajstić information content (AvgIpc) is 2.60. The van der Waals surface area contributed by atoms with Crippen molar-refractivity contribution in [3.8, 4) is 0 Å². The summed E-state index contributed by atoms with van der Waals surface area (Å²) in [7, 11) is -2.40. The number of aromatic nitrogens is 2. The van der Waals surface area contributed by atoms with E-state index in [1.807, 2.05) is 0 Å². The van der Waals surface area contributed by atoms with Crippen molar-refractivity contribution < 1.29 is 17.7 Å². The van der Waals surface area contributed by atoms with Gasteiger partial charge in [-0.1, -0.05) is 17.7 Å². The molecule has 3 aromatic rings.